The van der Waals surface area contributed by atoms with Crippen LogP contribution in [0.5, 0.6) is 0 Å². The number of carbonyl (C=O) groups is 1. The number of alkyl halides is 1. The Labute approximate surface area is 115 Å². The molecule has 1 atom stereocenters. The number of nitrogen functional groups attached to an aromatic ring is 1. The van der Waals surface area contributed by atoms with Crippen molar-refractivity contribution in [3.8, 4) is 0 Å². The number of hydrogen-bond acceptors (Lipinski definition) is 2. The second kappa shape index (κ2) is 4.94. The quantitative estimate of drug-likeness (QED) is 0.647. The Morgan fingerprint density at radius 3 is 2.82 bits per heavy atom. The lowest BCUT2D eigenvalue weighted by atomic mass is 10.2. The van der Waals surface area contributed by atoms with Crippen molar-refractivity contribution < 1.29 is 9.18 Å². The zero-order valence-electron chi connectivity index (χ0n) is 8.92. The van der Waals surface area contributed by atoms with E-state index in [0.29, 0.717) is 23.1 Å². The van der Waals surface area contributed by atoms with Gasteiger partial charge >= 0.3 is 0 Å². The molecule has 2 N–H and O–H groups in total. The van der Waals surface area contributed by atoms with E-state index in [-0.39, 0.29) is 17.5 Å². The van der Waals surface area contributed by atoms with Crippen LogP contribution < -0.4 is 10.6 Å². The van der Waals surface area contributed by atoms with E-state index in [9.17, 15) is 9.18 Å². The molecule has 0 spiro atoms. The summed E-state index contributed by atoms with van der Waals surface area (Å²) in [6, 6.07) is 2.79. The van der Waals surface area contributed by atoms with Crippen molar-refractivity contribution in [3.63, 3.8) is 0 Å². The SMILES string of the molecule is Nc1cc(F)c(Br)cc1N1CC(CBr)CC1=O. The van der Waals surface area contributed by atoms with E-state index in [1.54, 1.807) is 11.0 Å². The van der Waals surface area contributed by atoms with Gasteiger partial charge in [-0.3, -0.25) is 4.79 Å². The summed E-state index contributed by atoms with van der Waals surface area (Å²) in [6.45, 7) is 0.617. The van der Waals surface area contributed by atoms with Crippen LogP contribution in [-0.2, 0) is 4.79 Å². The largest absolute Gasteiger partial charge is 0.397 e. The second-order valence-electron chi connectivity index (χ2n) is 4.05. The van der Waals surface area contributed by atoms with E-state index in [4.69, 9.17) is 5.73 Å². The number of amides is 1. The molecular formula is C11H11Br2FN2O. The smallest absolute Gasteiger partial charge is 0.227 e. The molecule has 1 aromatic rings. The van der Waals surface area contributed by atoms with Crippen LogP contribution in [0.3, 0.4) is 0 Å². The third kappa shape index (κ3) is 2.47. The van der Waals surface area contributed by atoms with Gasteiger partial charge in [-0.15, -0.1) is 0 Å². The van der Waals surface area contributed by atoms with Crippen LogP contribution in [0.2, 0.25) is 0 Å². The number of hydrogen-bond donors (Lipinski definition) is 1. The summed E-state index contributed by atoms with van der Waals surface area (Å²) < 4.78 is 13.6. The van der Waals surface area contributed by atoms with Crippen LogP contribution >= 0.6 is 31.9 Å². The fourth-order valence-corrected chi connectivity index (χ4v) is 2.67. The van der Waals surface area contributed by atoms with E-state index < -0.39 is 5.82 Å². The van der Waals surface area contributed by atoms with Crippen molar-refractivity contribution in [2.75, 3.05) is 22.5 Å². The number of nitrogens with two attached hydrogens (primary N) is 1. The third-order valence-electron chi connectivity index (χ3n) is 2.78. The molecule has 0 aliphatic carbocycles. The van der Waals surface area contributed by atoms with Gasteiger partial charge in [-0.2, -0.15) is 0 Å². The average Bonchev–Trinajstić information content (AvgIpc) is 2.65. The Balaban J connectivity index is 2.35. The molecule has 0 aromatic heterocycles. The molecule has 6 heteroatoms. The van der Waals surface area contributed by atoms with Crippen molar-refractivity contribution in [2.24, 2.45) is 5.92 Å². The fourth-order valence-electron chi connectivity index (χ4n) is 1.90. The summed E-state index contributed by atoms with van der Waals surface area (Å²) in [5, 5.41) is 0.775. The minimum atomic E-state index is -0.421. The number of anilines is 2. The first-order chi connectivity index (χ1) is 8.02. The summed E-state index contributed by atoms with van der Waals surface area (Å²) in [7, 11) is 0. The number of nitrogens with zero attached hydrogens (tertiary/aromatic N) is 1. The van der Waals surface area contributed by atoms with Crippen LogP contribution in [0.1, 0.15) is 6.42 Å². The summed E-state index contributed by atoms with van der Waals surface area (Å²) >= 11 is 6.47. The Morgan fingerprint density at radius 1 is 1.53 bits per heavy atom. The highest BCUT2D eigenvalue weighted by Gasteiger charge is 2.31. The van der Waals surface area contributed by atoms with Gasteiger partial charge in [0.15, 0.2) is 0 Å². The van der Waals surface area contributed by atoms with Crippen molar-refractivity contribution in [2.45, 2.75) is 6.42 Å². The molecule has 0 saturated carbocycles. The van der Waals surface area contributed by atoms with E-state index in [0.717, 1.165) is 5.33 Å². The lowest BCUT2D eigenvalue weighted by Crippen LogP contribution is -2.25. The van der Waals surface area contributed by atoms with Gasteiger partial charge in [0.25, 0.3) is 0 Å². The Kier molecular flexibility index (Phi) is 3.73. The molecule has 17 heavy (non-hydrogen) atoms. The normalized spacial score (nSPS) is 20.1. The van der Waals surface area contributed by atoms with Gasteiger partial charge in [-0.05, 0) is 27.9 Å². The molecule has 92 valence electrons. The molecule has 1 aromatic carbocycles. The standard InChI is InChI=1S/C11H11Br2FN2O/c12-4-6-1-11(17)16(5-6)10-2-7(13)8(14)3-9(10)15/h2-3,6H,1,4-5,15H2. The van der Waals surface area contributed by atoms with Crippen LogP contribution in [0.4, 0.5) is 15.8 Å². The molecule has 1 unspecified atom stereocenters. The molecule has 1 heterocycles. The highest BCUT2D eigenvalue weighted by molar-refractivity contribution is 9.10. The third-order valence-corrected chi connectivity index (χ3v) is 4.31. The van der Waals surface area contributed by atoms with Crippen molar-refractivity contribution in [3.05, 3.63) is 22.4 Å². The van der Waals surface area contributed by atoms with Crippen LogP contribution in [-0.4, -0.2) is 17.8 Å². The Hall–Kier alpha value is -0.620. The Bertz CT molecular complexity index is 467. The predicted octanol–water partition coefficient (Wildman–Crippen LogP) is 2.92. The maximum absolute atomic E-state index is 13.2. The van der Waals surface area contributed by atoms with E-state index >= 15 is 0 Å². The first kappa shape index (κ1) is 12.8. The summed E-state index contributed by atoms with van der Waals surface area (Å²) in [6.07, 6.45) is 0.500. The first-order valence-corrected chi connectivity index (χ1v) is 7.05. The number of halogens is 3. The van der Waals surface area contributed by atoms with E-state index in [1.165, 1.54) is 6.07 Å². The van der Waals surface area contributed by atoms with Gasteiger partial charge < -0.3 is 10.6 Å². The second-order valence-corrected chi connectivity index (χ2v) is 5.56. The highest BCUT2D eigenvalue weighted by Crippen LogP contribution is 2.33. The number of benzene rings is 1. The molecule has 0 radical (unpaired) electrons. The zero-order chi connectivity index (χ0) is 12.6. The van der Waals surface area contributed by atoms with Crippen LogP contribution in [0, 0.1) is 11.7 Å². The lowest BCUT2D eigenvalue weighted by Gasteiger charge is -2.19. The van der Waals surface area contributed by atoms with Crippen molar-refractivity contribution in [1.82, 2.24) is 0 Å². The average molecular weight is 366 g/mol. The van der Waals surface area contributed by atoms with Crippen LogP contribution in [0.15, 0.2) is 16.6 Å². The predicted molar refractivity (Wildman–Crippen MR) is 72.8 cm³/mol. The summed E-state index contributed by atoms with van der Waals surface area (Å²) in [4.78, 5) is 13.4. The topological polar surface area (TPSA) is 46.3 Å². The molecular weight excluding hydrogens is 355 g/mol. The molecule has 3 nitrogen and oxygen atoms in total. The highest BCUT2D eigenvalue weighted by atomic mass is 79.9. The molecule has 1 aliphatic heterocycles. The van der Waals surface area contributed by atoms with Gasteiger partial charge in [0.2, 0.25) is 5.91 Å². The molecule has 0 bridgehead atoms. The van der Waals surface area contributed by atoms with Crippen molar-refractivity contribution >= 4 is 49.1 Å². The van der Waals surface area contributed by atoms with Gasteiger partial charge in [0, 0.05) is 24.4 Å². The van der Waals surface area contributed by atoms with Gasteiger partial charge in [0.1, 0.15) is 5.82 Å². The molecule has 1 amide bonds. The molecule has 1 saturated heterocycles. The number of carbonyl (C=O) groups excluding carboxylic acids is 1. The van der Waals surface area contributed by atoms with E-state index in [2.05, 4.69) is 31.9 Å². The summed E-state index contributed by atoms with van der Waals surface area (Å²) in [5.41, 5.74) is 6.61. The summed E-state index contributed by atoms with van der Waals surface area (Å²) in [5.74, 6) is -0.111. The first-order valence-electron chi connectivity index (χ1n) is 5.13. The van der Waals surface area contributed by atoms with Gasteiger partial charge in [-0.25, -0.2) is 4.39 Å². The number of rotatable bonds is 2. The molecule has 1 aliphatic rings. The van der Waals surface area contributed by atoms with Gasteiger partial charge in [-0.1, -0.05) is 15.9 Å². The maximum Gasteiger partial charge on any atom is 0.227 e. The lowest BCUT2D eigenvalue weighted by molar-refractivity contribution is -0.117. The van der Waals surface area contributed by atoms with Gasteiger partial charge in [0.05, 0.1) is 15.8 Å². The zero-order valence-corrected chi connectivity index (χ0v) is 12.1. The van der Waals surface area contributed by atoms with Crippen LogP contribution in [0.25, 0.3) is 0 Å². The minimum absolute atomic E-state index is 0.0275. The molecule has 2 rings (SSSR count). The van der Waals surface area contributed by atoms with E-state index in [1.807, 2.05) is 0 Å². The van der Waals surface area contributed by atoms with Crippen molar-refractivity contribution in [1.29, 1.82) is 0 Å². The monoisotopic (exact) mass is 364 g/mol. The maximum atomic E-state index is 13.2. The Morgan fingerprint density at radius 2 is 2.24 bits per heavy atom. The fraction of sp³-hybridized carbons (Fsp3) is 0.364. The minimum Gasteiger partial charge on any atom is -0.397 e. The molecule has 1 fully saturated rings.